The third kappa shape index (κ3) is 5.33. The Labute approximate surface area is 199 Å². The van der Waals surface area contributed by atoms with Crippen LogP contribution in [0.5, 0.6) is 5.75 Å². The second-order valence-electron chi connectivity index (χ2n) is 9.66. The van der Waals surface area contributed by atoms with Crippen LogP contribution in [-0.4, -0.2) is 57.3 Å². The zero-order chi connectivity index (χ0) is 24.3. The van der Waals surface area contributed by atoms with Crippen molar-refractivity contribution in [2.45, 2.75) is 51.7 Å². The second kappa shape index (κ2) is 10.0. The highest BCUT2D eigenvalue weighted by molar-refractivity contribution is 5.79. The van der Waals surface area contributed by atoms with Crippen LogP contribution in [0.4, 0.5) is 9.18 Å². The Bertz CT molecular complexity index is 1000. The molecule has 0 bridgehead atoms. The molecule has 2 amide bonds. The van der Waals surface area contributed by atoms with E-state index in [-0.39, 0.29) is 11.7 Å². The number of halogens is 1. The van der Waals surface area contributed by atoms with Gasteiger partial charge in [-0.15, -0.1) is 0 Å². The maximum absolute atomic E-state index is 13.5. The number of carboxylic acid groups (broad SMARTS) is 1. The summed E-state index contributed by atoms with van der Waals surface area (Å²) < 4.78 is 19.2. The van der Waals surface area contributed by atoms with Crippen molar-refractivity contribution in [1.29, 1.82) is 0 Å². The Hall–Kier alpha value is -3.13. The lowest BCUT2D eigenvalue weighted by molar-refractivity contribution is -0.145. The minimum absolute atomic E-state index is 0.0195. The molecule has 8 heteroatoms. The minimum Gasteiger partial charge on any atom is -0.493 e. The fraction of sp³-hybridized carbons (Fsp3) is 0.462. The average molecular weight is 470 g/mol. The van der Waals surface area contributed by atoms with Gasteiger partial charge in [0.05, 0.1) is 18.7 Å². The number of amides is 2. The minimum atomic E-state index is -0.930. The van der Waals surface area contributed by atoms with Crippen LogP contribution in [0.25, 0.3) is 0 Å². The Morgan fingerprint density at radius 3 is 2.21 bits per heavy atom. The fourth-order valence-electron chi connectivity index (χ4n) is 4.72. The quantitative estimate of drug-likeness (QED) is 0.645. The molecular weight excluding hydrogens is 437 g/mol. The highest BCUT2D eigenvalue weighted by Gasteiger charge is 2.51. The summed E-state index contributed by atoms with van der Waals surface area (Å²) in [5.74, 6) is 0.949. The molecule has 0 radical (unpaired) electrons. The van der Waals surface area contributed by atoms with Crippen molar-refractivity contribution in [3.63, 3.8) is 0 Å². The molecule has 2 heterocycles. The maximum Gasteiger partial charge on any atom is 0.407 e. The highest BCUT2D eigenvalue weighted by Crippen LogP contribution is 2.41. The van der Waals surface area contributed by atoms with Crippen LogP contribution < -0.4 is 4.74 Å². The van der Waals surface area contributed by atoms with E-state index in [1.54, 1.807) is 17.1 Å². The number of piperidine rings is 1. The number of hydrogen-bond acceptors (Lipinski definition) is 4. The van der Waals surface area contributed by atoms with Crippen LogP contribution in [0.1, 0.15) is 44.2 Å². The number of ether oxygens (including phenoxy) is 1. The molecule has 0 aliphatic carbocycles. The van der Waals surface area contributed by atoms with E-state index < -0.39 is 11.6 Å². The molecule has 0 saturated carbocycles. The van der Waals surface area contributed by atoms with Gasteiger partial charge in [0.15, 0.2) is 0 Å². The van der Waals surface area contributed by atoms with Crippen molar-refractivity contribution in [2.75, 3.05) is 19.7 Å². The largest absolute Gasteiger partial charge is 0.493 e. The van der Waals surface area contributed by atoms with Crippen molar-refractivity contribution in [2.24, 2.45) is 5.92 Å². The van der Waals surface area contributed by atoms with Crippen LogP contribution in [-0.2, 0) is 17.9 Å². The first-order valence-electron chi connectivity index (χ1n) is 11.8. The molecule has 0 unspecified atom stereocenters. The molecule has 4 rings (SSSR count). The van der Waals surface area contributed by atoms with E-state index in [0.29, 0.717) is 58.0 Å². The van der Waals surface area contributed by atoms with Crippen LogP contribution >= 0.6 is 0 Å². The monoisotopic (exact) mass is 469 g/mol. The predicted octanol–water partition coefficient (Wildman–Crippen LogP) is 4.52. The van der Waals surface area contributed by atoms with Crippen molar-refractivity contribution in [3.05, 3.63) is 65.5 Å². The number of hydrogen-bond donors (Lipinski definition) is 1. The van der Waals surface area contributed by atoms with Crippen molar-refractivity contribution >= 4 is 12.0 Å². The summed E-state index contributed by atoms with van der Waals surface area (Å²) in [7, 11) is 0. The van der Waals surface area contributed by atoms with Crippen LogP contribution in [0, 0.1) is 11.7 Å². The smallest absolute Gasteiger partial charge is 0.407 e. The average Bonchev–Trinajstić information content (AvgIpc) is 3.05. The number of nitrogens with zero attached hydrogens (tertiary/aromatic N) is 3. The van der Waals surface area contributed by atoms with Gasteiger partial charge in [0.1, 0.15) is 11.6 Å². The highest BCUT2D eigenvalue weighted by atomic mass is 19.1. The van der Waals surface area contributed by atoms with Gasteiger partial charge in [0.25, 0.3) is 0 Å². The normalized spacial score (nSPS) is 18.2. The van der Waals surface area contributed by atoms with Crippen molar-refractivity contribution < 1.29 is 23.8 Å². The van der Waals surface area contributed by atoms with Gasteiger partial charge in [-0.1, -0.05) is 38.1 Å². The van der Waals surface area contributed by atoms with E-state index in [4.69, 9.17) is 4.74 Å². The Kier molecular flexibility index (Phi) is 7.07. The third-order valence-electron chi connectivity index (χ3n) is 6.66. The summed E-state index contributed by atoms with van der Waals surface area (Å²) in [6.07, 6.45) is 0.563. The van der Waals surface area contributed by atoms with Gasteiger partial charge in [0.2, 0.25) is 5.91 Å². The summed E-state index contributed by atoms with van der Waals surface area (Å²) in [4.78, 5) is 26.1. The molecule has 2 aromatic carbocycles. The first-order chi connectivity index (χ1) is 16.3. The van der Waals surface area contributed by atoms with Crippen LogP contribution in [0.15, 0.2) is 48.5 Å². The molecule has 2 aliphatic rings. The molecule has 0 aromatic heterocycles. The van der Waals surface area contributed by atoms with E-state index in [0.717, 1.165) is 16.9 Å². The van der Waals surface area contributed by atoms with Gasteiger partial charge in [-0.3, -0.25) is 9.80 Å². The lowest BCUT2D eigenvalue weighted by Crippen LogP contribution is -2.55. The zero-order valence-electron chi connectivity index (χ0n) is 19.7. The molecule has 2 fully saturated rings. The Morgan fingerprint density at radius 2 is 1.62 bits per heavy atom. The lowest BCUT2D eigenvalue weighted by Gasteiger charge is -2.45. The molecule has 2 saturated heterocycles. The van der Waals surface area contributed by atoms with E-state index in [2.05, 4.69) is 18.9 Å². The molecule has 34 heavy (non-hydrogen) atoms. The van der Waals surface area contributed by atoms with Gasteiger partial charge < -0.3 is 14.7 Å². The van der Waals surface area contributed by atoms with Gasteiger partial charge in [-0.2, -0.15) is 0 Å². The molecule has 1 N–H and O–H groups in total. The number of rotatable bonds is 7. The molecular formula is C26H32FN3O4. The zero-order valence-corrected chi connectivity index (χ0v) is 19.7. The first kappa shape index (κ1) is 24.0. The predicted molar refractivity (Wildman–Crippen MR) is 125 cm³/mol. The van der Waals surface area contributed by atoms with E-state index >= 15 is 0 Å². The SMILES string of the molecule is CC(C)COc1ccc(CN2C(=O)CC3(CCN(C(=O)O)CC3)N2Cc2ccc(F)cc2)cc1. The second-order valence-corrected chi connectivity index (χ2v) is 9.66. The Morgan fingerprint density at radius 1 is 1.03 bits per heavy atom. The summed E-state index contributed by atoms with van der Waals surface area (Å²) in [6, 6.07) is 14.1. The molecule has 182 valence electrons. The third-order valence-corrected chi connectivity index (χ3v) is 6.66. The fourth-order valence-corrected chi connectivity index (χ4v) is 4.72. The molecule has 2 aliphatic heterocycles. The van der Waals surface area contributed by atoms with Crippen molar-refractivity contribution in [1.82, 2.24) is 14.9 Å². The number of carbonyl (C=O) groups is 2. The van der Waals surface area contributed by atoms with E-state index in [9.17, 15) is 19.1 Å². The summed E-state index contributed by atoms with van der Waals surface area (Å²) in [5.41, 5.74) is 1.44. The van der Waals surface area contributed by atoms with E-state index in [1.165, 1.54) is 17.0 Å². The Balaban J connectivity index is 1.55. The summed E-state index contributed by atoms with van der Waals surface area (Å²) in [5, 5.41) is 13.2. The van der Waals surface area contributed by atoms with Gasteiger partial charge in [-0.05, 0) is 54.2 Å². The van der Waals surface area contributed by atoms with Gasteiger partial charge >= 0.3 is 6.09 Å². The standard InChI is InChI=1S/C26H32FN3O4/c1-19(2)18-34-23-9-5-20(6-10-23)16-29-24(31)15-26(11-13-28(14-12-26)25(32)33)30(29)17-21-3-7-22(27)8-4-21/h3-10,19H,11-18H2,1-2H3,(H,32,33). The topological polar surface area (TPSA) is 73.3 Å². The van der Waals surface area contributed by atoms with E-state index in [1.807, 2.05) is 24.3 Å². The molecule has 0 atom stereocenters. The summed E-state index contributed by atoms with van der Waals surface area (Å²) >= 11 is 0. The molecule has 1 spiro atoms. The lowest BCUT2D eigenvalue weighted by atomic mass is 9.84. The number of hydrazine groups is 1. The number of likely N-dealkylation sites (tertiary alicyclic amines) is 1. The number of benzene rings is 2. The first-order valence-corrected chi connectivity index (χ1v) is 11.8. The molecule has 2 aromatic rings. The summed E-state index contributed by atoms with van der Waals surface area (Å²) in [6.45, 7) is 6.48. The van der Waals surface area contributed by atoms with Gasteiger partial charge in [0, 0.05) is 26.1 Å². The van der Waals surface area contributed by atoms with Gasteiger partial charge in [-0.25, -0.2) is 14.2 Å². The van der Waals surface area contributed by atoms with Crippen molar-refractivity contribution in [3.8, 4) is 5.75 Å². The molecule has 7 nitrogen and oxygen atoms in total. The number of carbonyl (C=O) groups excluding carboxylic acids is 1. The van der Waals surface area contributed by atoms with Crippen LogP contribution in [0.2, 0.25) is 0 Å². The van der Waals surface area contributed by atoms with Crippen LogP contribution in [0.3, 0.4) is 0 Å². The maximum atomic E-state index is 13.5.